The lowest BCUT2D eigenvalue weighted by Gasteiger charge is -2.36. The maximum absolute atomic E-state index is 14.0. The number of anilines is 1. The molecule has 282 valence electrons. The summed E-state index contributed by atoms with van der Waals surface area (Å²) in [6, 6.07) is 9.84. The van der Waals surface area contributed by atoms with Crippen molar-refractivity contribution in [2.24, 2.45) is 0 Å². The number of esters is 1. The minimum absolute atomic E-state index is 0.0846. The molecule has 6 rings (SSSR count). The summed E-state index contributed by atoms with van der Waals surface area (Å²) < 4.78 is 169. The fourth-order valence-corrected chi connectivity index (χ4v) is 6.07. The Morgan fingerprint density at radius 2 is 1.32 bits per heavy atom. The first-order valence-electron chi connectivity index (χ1n) is 15.2. The van der Waals surface area contributed by atoms with Gasteiger partial charge >= 0.3 is 36.6 Å². The van der Waals surface area contributed by atoms with Crippen LogP contribution in [0.15, 0.2) is 66.9 Å². The van der Waals surface area contributed by atoms with Crippen LogP contribution < -0.4 is 14.5 Å². The molecule has 1 saturated heterocycles. The summed E-state index contributed by atoms with van der Waals surface area (Å²) in [7, 11) is 0. The Balaban J connectivity index is 1.55. The van der Waals surface area contributed by atoms with E-state index >= 15 is 0 Å². The van der Waals surface area contributed by atoms with Crippen LogP contribution in [0.3, 0.4) is 0 Å². The lowest BCUT2D eigenvalue weighted by Crippen LogP contribution is -2.46. The molecule has 5 aromatic rings. The van der Waals surface area contributed by atoms with Gasteiger partial charge in [-0.2, -0.15) is 57.4 Å². The lowest BCUT2D eigenvalue weighted by atomic mass is 9.96. The number of aromatic amines is 1. The van der Waals surface area contributed by atoms with E-state index in [9.17, 15) is 62.3 Å². The highest BCUT2D eigenvalue weighted by atomic mass is 19.4. The van der Waals surface area contributed by atoms with Crippen molar-refractivity contribution >= 4 is 39.4 Å². The number of hydrogen-bond acceptors (Lipinski definition) is 6. The number of fused-ring (bicyclic) bond motifs is 2. The molecule has 1 aliphatic rings. The Hall–Kier alpha value is -5.40. The maximum atomic E-state index is 14.0. The largest absolute Gasteiger partial charge is 0.493 e. The fraction of sp³-hybridized carbons (Fsp3) is 0.273. The molecule has 53 heavy (non-hydrogen) atoms. The van der Waals surface area contributed by atoms with Gasteiger partial charge in [-0.1, -0.05) is 12.1 Å². The molecule has 3 aromatic carbocycles. The van der Waals surface area contributed by atoms with Crippen LogP contribution in [0, 0.1) is 0 Å². The number of nitrogens with one attached hydrogen (secondary N) is 1. The SMILES string of the molecule is O=C(Oc1cccc2c1c(-c1cc(C(F)(F)F)cc(C(F)(F)F)c1)c(CN1CCN(c3cccc4[nH]ccc34)CC1)n2OC(=O)C(F)(F)F)C(F)(F)F. The van der Waals surface area contributed by atoms with Crippen molar-refractivity contribution in [1.29, 1.82) is 0 Å². The van der Waals surface area contributed by atoms with Gasteiger partial charge in [0.05, 0.1) is 27.7 Å². The molecule has 0 spiro atoms. The van der Waals surface area contributed by atoms with Gasteiger partial charge in [-0.3, -0.25) is 4.90 Å². The number of carbonyl (C=O) groups excluding carboxylic acids is 2. The Morgan fingerprint density at radius 1 is 0.717 bits per heavy atom. The third kappa shape index (κ3) is 7.58. The normalized spacial score (nSPS) is 15.0. The second-order valence-corrected chi connectivity index (χ2v) is 11.8. The molecule has 8 nitrogen and oxygen atoms in total. The highest BCUT2D eigenvalue weighted by Gasteiger charge is 2.45. The van der Waals surface area contributed by atoms with Crippen LogP contribution >= 0.6 is 0 Å². The summed E-state index contributed by atoms with van der Waals surface area (Å²) in [5.74, 6) is -6.87. The Labute approximate surface area is 289 Å². The fourth-order valence-electron chi connectivity index (χ4n) is 6.07. The summed E-state index contributed by atoms with van der Waals surface area (Å²) in [5.41, 5.74) is -5.37. The molecule has 3 heterocycles. The first kappa shape index (κ1) is 37.4. The smallest absolute Gasteiger partial charge is 0.419 e. The van der Waals surface area contributed by atoms with Crippen molar-refractivity contribution < 1.29 is 71.8 Å². The van der Waals surface area contributed by atoms with Crippen LogP contribution in [-0.4, -0.2) is 65.1 Å². The van der Waals surface area contributed by atoms with Crippen molar-refractivity contribution in [2.75, 3.05) is 31.1 Å². The third-order valence-corrected chi connectivity index (χ3v) is 8.38. The molecular formula is C33H22F12N4O4. The van der Waals surface area contributed by atoms with E-state index in [1.165, 1.54) is 4.90 Å². The second-order valence-electron chi connectivity index (χ2n) is 11.8. The molecule has 1 aliphatic heterocycles. The van der Waals surface area contributed by atoms with E-state index in [0.29, 0.717) is 6.07 Å². The first-order chi connectivity index (χ1) is 24.6. The van der Waals surface area contributed by atoms with Gasteiger partial charge in [-0.25, -0.2) is 9.59 Å². The number of hydrogen-bond donors (Lipinski definition) is 1. The molecule has 0 radical (unpaired) electrons. The molecule has 1 fully saturated rings. The molecule has 0 unspecified atom stereocenters. The number of aromatic nitrogens is 2. The number of H-pyrrole nitrogens is 1. The average Bonchev–Trinajstić information content (AvgIpc) is 3.67. The minimum Gasteiger partial charge on any atom is -0.419 e. The molecule has 0 amide bonds. The number of nitrogens with zero attached hydrogens (tertiary/aromatic N) is 3. The minimum atomic E-state index is -5.70. The van der Waals surface area contributed by atoms with E-state index in [2.05, 4.69) is 14.6 Å². The zero-order chi connectivity index (χ0) is 38.7. The zero-order valence-corrected chi connectivity index (χ0v) is 26.4. The Bertz CT molecular complexity index is 2160. The van der Waals surface area contributed by atoms with Crippen LogP contribution in [0.25, 0.3) is 32.9 Å². The molecule has 0 bridgehead atoms. The summed E-state index contributed by atoms with van der Waals surface area (Å²) in [4.78, 5) is 35.3. The van der Waals surface area contributed by atoms with E-state index in [1.54, 1.807) is 12.3 Å². The van der Waals surface area contributed by atoms with E-state index in [4.69, 9.17) is 0 Å². The highest BCUT2D eigenvalue weighted by molar-refractivity contribution is 6.04. The van der Waals surface area contributed by atoms with Gasteiger partial charge in [0.1, 0.15) is 5.75 Å². The van der Waals surface area contributed by atoms with Gasteiger partial charge in [0.15, 0.2) is 0 Å². The number of alkyl halides is 12. The van der Waals surface area contributed by atoms with Crippen molar-refractivity contribution in [3.8, 4) is 16.9 Å². The summed E-state index contributed by atoms with van der Waals surface area (Å²) in [6.45, 7) is 0.0427. The van der Waals surface area contributed by atoms with Crippen LogP contribution in [0.4, 0.5) is 58.4 Å². The van der Waals surface area contributed by atoms with E-state index in [-0.39, 0.29) is 49.1 Å². The Kier molecular flexibility index (Phi) is 9.32. The molecular weight excluding hydrogens is 744 g/mol. The van der Waals surface area contributed by atoms with Crippen molar-refractivity contribution in [2.45, 2.75) is 31.2 Å². The van der Waals surface area contributed by atoms with Gasteiger partial charge in [0.2, 0.25) is 0 Å². The molecule has 20 heteroatoms. The van der Waals surface area contributed by atoms with Crippen molar-refractivity contribution in [3.05, 3.63) is 83.7 Å². The van der Waals surface area contributed by atoms with E-state index in [0.717, 1.165) is 28.7 Å². The van der Waals surface area contributed by atoms with Crippen LogP contribution in [0.5, 0.6) is 5.75 Å². The second kappa shape index (κ2) is 13.2. The van der Waals surface area contributed by atoms with Gasteiger partial charge in [-0.15, -0.1) is 0 Å². The Morgan fingerprint density at radius 3 is 1.91 bits per heavy atom. The molecule has 1 N–H and O–H groups in total. The first-order valence-corrected chi connectivity index (χ1v) is 15.2. The van der Waals surface area contributed by atoms with Crippen LogP contribution in [0.1, 0.15) is 16.8 Å². The van der Waals surface area contributed by atoms with Gasteiger partial charge in [0.25, 0.3) is 0 Å². The lowest BCUT2D eigenvalue weighted by molar-refractivity contribution is -0.199. The van der Waals surface area contributed by atoms with Crippen molar-refractivity contribution in [3.63, 3.8) is 0 Å². The predicted molar refractivity (Wildman–Crippen MR) is 162 cm³/mol. The third-order valence-electron chi connectivity index (χ3n) is 8.38. The number of benzene rings is 3. The number of rotatable bonds is 6. The van der Waals surface area contributed by atoms with Crippen LogP contribution in [-0.2, 0) is 28.5 Å². The van der Waals surface area contributed by atoms with Gasteiger partial charge in [-0.05, 0) is 54.1 Å². The maximum Gasteiger partial charge on any atom is 0.493 e. The van der Waals surface area contributed by atoms with E-state index < -0.39 is 87.8 Å². The van der Waals surface area contributed by atoms with Crippen LogP contribution in [0.2, 0.25) is 0 Å². The monoisotopic (exact) mass is 766 g/mol. The molecule has 0 atom stereocenters. The molecule has 2 aromatic heterocycles. The number of piperazine rings is 1. The summed E-state index contributed by atoms with van der Waals surface area (Å²) in [5, 5.41) is 0.00803. The topological polar surface area (TPSA) is 79.8 Å². The van der Waals surface area contributed by atoms with Gasteiger partial charge in [0, 0.05) is 61.1 Å². The van der Waals surface area contributed by atoms with Gasteiger partial charge < -0.3 is 19.5 Å². The molecule has 0 saturated carbocycles. The highest BCUT2D eigenvalue weighted by Crippen LogP contribution is 2.45. The quantitative estimate of drug-likeness (QED) is 0.107. The summed E-state index contributed by atoms with van der Waals surface area (Å²) in [6.07, 6.45) is -20.5. The predicted octanol–water partition coefficient (Wildman–Crippen LogP) is 8.13. The summed E-state index contributed by atoms with van der Waals surface area (Å²) >= 11 is 0. The average molecular weight is 767 g/mol. The zero-order valence-electron chi connectivity index (χ0n) is 26.4. The van der Waals surface area contributed by atoms with E-state index in [1.807, 2.05) is 23.1 Å². The standard InChI is InChI=1S/C33H22F12N4O4/c34-30(35,36)18-13-17(14-19(15-18)31(37,38)39)26-24(16-47-9-11-48(12-10-47)22-4-1-3-21-20(22)7-8-46-21)49(53-29(51)33(43,44)45)23-5-2-6-25(27(23)26)52-28(50)32(40,41)42/h1-8,13-15,46H,9-12,16H2. The number of carbonyl (C=O) groups is 2. The number of halogens is 12. The molecule has 0 aliphatic carbocycles. The number of ether oxygens (including phenoxy) is 1. The van der Waals surface area contributed by atoms with Crippen molar-refractivity contribution in [1.82, 2.24) is 14.6 Å².